The number of amides is 2. The first-order chi connectivity index (χ1) is 14.6. The lowest BCUT2D eigenvalue weighted by atomic mass is 9.98. The van der Waals surface area contributed by atoms with Crippen LogP contribution < -0.4 is 5.32 Å². The zero-order valence-electron chi connectivity index (χ0n) is 17.6. The molecule has 5 heteroatoms. The molecule has 2 saturated heterocycles. The molecule has 0 spiro atoms. The van der Waals surface area contributed by atoms with Crippen LogP contribution in [0.2, 0.25) is 0 Å². The number of aryl methyl sites for hydroxylation is 1. The number of carbonyl (C=O) groups is 2. The maximum absolute atomic E-state index is 13.5. The molecule has 2 aromatic rings. The number of likely N-dealkylation sites (tertiary alicyclic amines) is 1. The van der Waals surface area contributed by atoms with E-state index in [1.165, 1.54) is 11.1 Å². The third-order valence-corrected chi connectivity index (χ3v) is 6.04. The summed E-state index contributed by atoms with van der Waals surface area (Å²) < 4.78 is 5.46. The van der Waals surface area contributed by atoms with Gasteiger partial charge in [0.05, 0.1) is 6.04 Å². The zero-order valence-corrected chi connectivity index (χ0v) is 17.6. The van der Waals surface area contributed by atoms with Crippen molar-refractivity contribution in [1.29, 1.82) is 0 Å². The molecule has 2 atom stereocenters. The molecular formula is C25H30N2O3. The molecule has 2 fully saturated rings. The standard InChI is InChI=1S/C25H30N2O3/c1-18-8-5-9-19(16-18)22-12-3-2-4-14-27(22)25(29)20-10-6-11-21(17-20)26-24(28)23-13-7-15-30-23/h5-6,8-11,16-17,22-23H,2-4,7,12-15H2,1H3,(H,26,28)/t22-,23+/m1/s1. The summed E-state index contributed by atoms with van der Waals surface area (Å²) in [6.45, 7) is 3.47. The third-order valence-electron chi connectivity index (χ3n) is 6.04. The van der Waals surface area contributed by atoms with Gasteiger partial charge in [0.2, 0.25) is 0 Å². The van der Waals surface area contributed by atoms with Crippen molar-refractivity contribution in [3.05, 3.63) is 65.2 Å². The molecule has 30 heavy (non-hydrogen) atoms. The van der Waals surface area contributed by atoms with Crippen molar-refractivity contribution in [2.75, 3.05) is 18.5 Å². The first kappa shape index (κ1) is 20.6. The highest BCUT2D eigenvalue weighted by atomic mass is 16.5. The van der Waals surface area contributed by atoms with Crippen molar-refractivity contribution in [3.63, 3.8) is 0 Å². The lowest BCUT2D eigenvalue weighted by Gasteiger charge is -2.31. The Morgan fingerprint density at radius 3 is 2.67 bits per heavy atom. The van der Waals surface area contributed by atoms with Crippen LogP contribution in [0, 0.1) is 6.92 Å². The Balaban J connectivity index is 1.54. The van der Waals surface area contributed by atoms with Gasteiger partial charge in [-0.1, -0.05) is 48.7 Å². The van der Waals surface area contributed by atoms with E-state index in [-0.39, 0.29) is 24.0 Å². The minimum Gasteiger partial charge on any atom is -0.368 e. The maximum Gasteiger partial charge on any atom is 0.254 e. The fourth-order valence-electron chi connectivity index (χ4n) is 4.48. The second kappa shape index (κ2) is 9.43. The van der Waals surface area contributed by atoms with Crippen molar-refractivity contribution >= 4 is 17.5 Å². The van der Waals surface area contributed by atoms with Crippen molar-refractivity contribution < 1.29 is 14.3 Å². The Labute approximate surface area is 178 Å². The van der Waals surface area contributed by atoms with Gasteiger partial charge in [-0.25, -0.2) is 0 Å². The van der Waals surface area contributed by atoms with Crippen LogP contribution in [0.1, 0.15) is 66.1 Å². The van der Waals surface area contributed by atoms with Crippen LogP contribution in [-0.2, 0) is 9.53 Å². The van der Waals surface area contributed by atoms with Gasteiger partial charge in [-0.15, -0.1) is 0 Å². The molecule has 0 saturated carbocycles. The van der Waals surface area contributed by atoms with Gasteiger partial charge in [-0.2, -0.15) is 0 Å². The number of nitrogens with one attached hydrogen (secondary N) is 1. The number of anilines is 1. The molecule has 0 radical (unpaired) electrons. The van der Waals surface area contributed by atoms with E-state index in [1.807, 2.05) is 23.1 Å². The molecule has 2 amide bonds. The van der Waals surface area contributed by atoms with E-state index >= 15 is 0 Å². The second-order valence-electron chi connectivity index (χ2n) is 8.35. The van der Waals surface area contributed by atoms with Gasteiger partial charge in [-0.3, -0.25) is 9.59 Å². The number of rotatable bonds is 4. The van der Waals surface area contributed by atoms with E-state index in [0.717, 1.165) is 45.1 Å². The van der Waals surface area contributed by atoms with Gasteiger partial charge in [0, 0.05) is 24.4 Å². The molecule has 1 N–H and O–H groups in total. The summed E-state index contributed by atoms with van der Waals surface area (Å²) in [6, 6.07) is 15.8. The van der Waals surface area contributed by atoms with Crippen molar-refractivity contribution in [2.45, 2.75) is 57.6 Å². The molecule has 158 valence electrons. The summed E-state index contributed by atoms with van der Waals surface area (Å²) in [6.07, 6.45) is 5.53. The van der Waals surface area contributed by atoms with Crippen LogP contribution in [0.5, 0.6) is 0 Å². The van der Waals surface area contributed by atoms with Gasteiger partial charge in [0.15, 0.2) is 0 Å². The number of hydrogen-bond donors (Lipinski definition) is 1. The quantitative estimate of drug-likeness (QED) is 0.788. The number of hydrogen-bond acceptors (Lipinski definition) is 3. The summed E-state index contributed by atoms with van der Waals surface area (Å²) >= 11 is 0. The maximum atomic E-state index is 13.5. The summed E-state index contributed by atoms with van der Waals surface area (Å²) in [7, 11) is 0. The van der Waals surface area contributed by atoms with E-state index in [0.29, 0.717) is 17.9 Å². The Kier molecular flexibility index (Phi) is 6.48. The molecule has 4 rings (SSSR count). The Morgan fingerprint density at radius 1 is 1.00 bits per heavy atom. The summed E-state index contributed by atoms with van der Waals surface area (Å²) in [5, 5.41) is 2.91. The zero-order chi connectivity index (χ0) is 20.9. The lowest BCUT2D eigenvalue weighted by molar-refractivity contribution is -0.124. The van der Waals surface area contributed by atoms with Crippen LogP contribution in [0.25, 0.3) is 0 Å². The van der Waals surface area contributed by atoms with Crippen LogP contribution in [0.15, 0.2) is 48.5 Å². The molecule has 5 nitrogen and oxygen atoms in total. The fraction of sp³-hybridized carbons (Fsp3) is 0.440. The molecule has 2 aromatic carbocycles. The van der Waals surface area contributed by atoms with E-state index in [1.54, 1.807) is 6.07 Å². The molecule has 2 heterocycles. The normalized spacial score (nSPS) is 21.8. The third kappa shape index (κ3) is 4.73. The lowest BCUT2D eigenvalue weighted by Crippen LogP contribution is -2.35. The number of benzene rings is 2. The number of ether oxygens (including phenoxy) is 1. The highest BCUT2D eigenvalue weighted by Gasteiger charge is 2.28. The van der Waals surface area contributed by atoms with Gasteiger partial charge in [-0.05, 0) is 56.4 Å². The van der Waals surface area contributed by atoms with Gasteiger partial charge in [0.25, 0.3) is 11.8 Å². The van der Waals surface area contributed by atoms with Crippen LogP contribution in [0.4, 0.5) is 5.69 Å². The monoisotopic (exact) mass is 406 g/mol. The largest absolute Gasteiger partial charge is 0.368 e. The summed E-state index contributed by atoms with van der Waals surface area (Å²) in [5.74, 6) is -0.110. The van der Waals surface area contributed by atoms with Crippen molar-refractivity contribution in [1.82, 2.24) is 4.90 Å². The number of carbonyl (C=O) groups excluding carboxylic acids is 2. The molecular weight excluding hydrogens is 376 g/mol. The number of nitrogens with zero attached hydrogens (tertiary/aromatic N) is 1. The van der Waals surface area contributed by atoms with Gasteiger partial charge in [0.1, 0.15) is 6.10 Å². The van der Waals surface area contributed by atoms with Gasteiger partial charge >= 0.3 is 0 Å². The topological polar surface area (TPSA) is 58.6 Å². The highest BCUT2D eigenvalue weighted by molar-refractivity contribution is 5.98. The van der Waals surface area contributed by atoms with Crippen LogP contribution in [0.3, 0.4) is 0 Å². The molecule has 0 aliphatic carbocycles. The van der Waals surface area contributed by atoms with E-state index in [4.69, 9.17) is 4.74 Å². The first-order valence-corrected chi connectivity index (χ1v) is 11.0. The average molecular weight is 407 g/mol. The smallest absolute Gasteiger partial charge is 0.254 e. The van der Waals surface area contributed by atoms with Crippen LogP contribution >= 0.6 is 0 Å². The van der Waals surface area contributed by atoms with Crippen LogP contribution in [-0.4, -0.2) is 36.0 Å². The fourth-order valence-corrected chi connectivity index (χ4v) is 4.48. The van der Waals surface area contributed by atoms with E-state index < -0.39 is 0 Å². The minimum atomic E-state index is -0.388. The average Bonchev–Trinajstić information content (AvgIpc) is 3.18. The molecule has 0 bridgehead atoms. The molecule has 2 aliphatic rings. The van der Waals surface area contributed by atoms with Gasteiger partial charge < -0.3 is 15.0 Å². The summed E-state index contributed by atoms with van der Waals surface area (Å²) in [5.41, 5.74) is 3.67. The Hall–Kier alpha value is -2.66. The summed E-state index contributed by atoms with van der Waals surface area (Å²) in [4.78, 5) is 27.9. The predicted octanol–water partition coefficient (Wildman–Crippen LogP) is 4.87. The SMILES string of the molecule is Cc1cccc([C@H]2CCCCCN2C(=O)c2cccc(NC(=O)[C@@H]3CCCO3)c2)c1. The molecule has 2 aliphatic heterocycles. The predicted molar refractivity (Wildman–Crippen MR) is 117 cm³/mol. The Morgan fingerprint density at radius 2 is 1.87 bits per heavy atom. The first-order valence-electron chi connectivity index (χ1n) is 11.0. The highest BCUT2D eigenvalue weighted by Crippen LogP contribution is 2.32. The van der Waals surface area contributed by atoms with E-state index in [2.05, 4.69) is 36.5 Å². The Bertz CT molecular complexity index is 905. The van der Waals surface area contributed by atoms with Crippen molar-refractivity contribution in [3.8, 4) is 0 Å². The molecule has 0 aromatic heterocycles. The van der Waals surface area contributed by atoms with Crippen molar-refractivity contribution in [2.24, 2.45) is 0 Å². The molecule has 0 unspecified atom stereocenters. The second-order valence-corrected chi connectivity index (χ2v) is 8.35. The minimum absolute atomic E-state index is 0.0246. The van der Waals surface area contributed by atoms with E-state index in [9.17, 15) is 9.59 Å².